The first-order valence-electron chi connectivity index (χ1n) is 6.63. The fourth-order valence-electron chi connectivity index (χ4n) is 2.54. The lowest BCUT2D eigenvalue weighted by Gasteiger charge is -2.16. The number of nitrogens with zero attached hydrogens (tertiary/aromatic N) is 2. The van der Waals surface area contributed by atoms with Gasteiger partial charge in [-0.05, 0) is 30.7 Å². The largest absolute Gasteiger partial charge is 0.378 e. The molecule has 2 atom stereocenters. The van der Waals surface area contributed by atoms with E-state index in [9.17, 15) is 0 Å². The second-order valence-corrected chi connectivity index (χ2v) is 5.30. The zero-order chi connectivity index (χ0) is 13.4. The second kappa shape index (κ2) is 4.57. The number of benzene rings is 1. The van der Waals surface area contributed by atoms with Gasteiger partial charge in [0.1, 0.15) is 5.84 Å². The predicted molar refractivity (Wildman–Crippen MR) is 81.0 cm³/mol. The van der Waals surface area contributed by atoms with Gasteiger partial charge in [-0.25, -0.2) is 0 Å². The molecule has 1 aromatic carbocycles. The number of nitrogens with one attached hydrogen (secondary N) is 1. The molecule has 1 heterocycles. The highest BCUT2D eigenvalue weighted by Crippen LogP contribution is 2.22. The van der Waals surface area contributed by atoms with Crippen LogP contribution in [-0.2, 0) is 0 Å². The summed E-state index contributed by atoms with van der Waals surface area (Å²) in [6.07, 6.45) is 8.46. The Morgan fingerprint density at radius 1 is 1.16 bits per heavy atom. The third-order valence-corrected chi connectivity index (χ3v) is 3.67. The molecule has 0 radical (unpaired) electrons. The van der Waals surface area contributed by atoms with Gasteiger partial charge in [0.05, 0.1) is 12.1 Å². The number of rotatable bonds is 2. The van der Waals surface area contributed by atoms with Crippen LogP contribution in [0.2, 0.25) is 0 Å². The first-order chi connectivity index (χ1) is 9.15. The van der Waals surface area contributed by atoms with Gasteiger partial charge in [-0.3, -0.25) is 4.99 Å². The molecule has 19 heavy (non-hydrogen) atoms. The van der Waals surface area contributed by atoms with Crippen LogP contribution in [0.25, 0.3) is 0 Å². The van der Waals surface area contributed by atoms with Crippen molar-refractivity contribution in [2.24, 2.45) is 4.99 Å². The molecule has 2 unspecified atom stereocenters. The average Bonchev–Trinajstić information content (AvgIpc) is 2.81. The minimum Gasteiger partial charge on any atom is -0.378 e. The quantitative estimate of drug-likeness (QED) is 0.875. The minimum absolute atomic E-state index is 0.243. The van der Waals surface area contributed by atoms with E-state index in [2.05, 4.69) is 73.7 Å². The van der Waals surface area contributed by atoms with Crippen molar-refractivity contribution in [1.29, 1.82) is 0 Å². The summed E-state index contributed by atoms with van der Waals surface area (Å²) in [5.74, 6) is 1.01. The van der Waals surface area contributed by atoms with Gasteiger partial charge in [-0.2, -0.15) is 0 Å². The Morgan fingerprint density at radius 3 is 2.63 bits per heavy atom. The maximum atomic E-state index is 4.77. The summed E-state index contributed by atoms with van der Waals surface area (Å²) in [6.45, 7) is 2.14. The van der Waals surface area contributed by atoms with Crippen LogP contribution < -0.4 is 10.2 Å². The Labute approximate surface area is 114 Å². The zero-order valence-corrected chi connectivity index (χ0v) is 11.6. The van der Waals surface area contributed by atoms with E-state index < -0.39 is 0 Å². The van der Waals surface area contributed by atoms with E-state index in [1.165, 1.54) is 16.8 Å². The lowest BCUT2D eigenvalue weighted by atomic mass is 10.0. The number of aryl methyl sites for hydroxylation is 1. The Bertz CT molecular complexity index is 582. The predicted octanol–water partition coefficient (Wildman–Crippen LogP) is 2.27. The number of amidine groups is 1. The minimum atomic E-state index is 0.243. The van der Waals surface area contributed by atoms with Crippen LogP contribution >= 0.6 is 0 Å². The molecule has 1 aromatic rings. The second-order valence-electron chi connectivity index (χ2n) is 5.30. The monoisotopic (exact) mass is 253 g/mol. The molecule has 0 bridgehead atoms. The summed E-state index contributed by atoms with van der Waals surface area (Å²) in [5.41, 5.74) is 3.67. The normalized spacial score (nSPS) is 23.8. The maximum Gasteiger partial charge on any atom is 0.129 e. The third-order valence-electron chi connectivity index (χ3n) is 3.67. The molecule has 3 rings (SSSR count). The van der Waals surface area contributed by atoms with E-state index in [-0.39, 0.29) is 6.04 Å². The summed E-state index contributed by atoms with van der Waals surface area (Å²) >= 11 is 0. The molecular formula is C16H19N3. The van der Waals surface area contributed by atoms with E-state index in [0.717, 1.165) is 5.84 Å². The molecule has 2 aliphatic rings. The highest BCUT2D eigenvalue weighted by Gasteiger charge is 2.26. The van der Waals surface area contributed by atoms with Crippen molar-refractivity contribution >= 4 is 11.5 Å². The number of anilines is 1. The molecule has 3 nitrogen and oxygen atoms in total. The van der Waals surface area contributed by atoms with E-state index >= 15 is 0 Å². The van der Waals surface area contributed by atoms with Crippen LogP contribution in [0.15, 0.2) is 47.5 Å². The number of hydrogen-bond acceptors (Lipinski definition) is 3. The van der Waals surface area contributed by atoms with Gasteiger partial charge >= 0.3 is 0 Å². The van der Waals surface area contributed by atoms with Crippen molar-refractivity contribution in [3.05, 3.63) is 53.6 Å². The summed E-state index contributed by atoms with van der Waals surface area (Å²) in [7, 11) is 4.12. The fourth-order valence-corrected chi connectivity index (χ4v) is 2.54. The maximum absolute atomic E-state index is 4.77. The van der Waals surface area contributed by atoms with Crippen LogP contribution in [0, 0.1) is 6.92 Å². The van der Waals surface area contributed by atoms with Gasteiger partial charge in [0, 0.05) is 25.3 Å². The molecule has 0 saturated carbocycles. The number of allylic oxidation sites excluding steroid dienone is 2. The van der Waals surface area contributed by atoms with Gasteiger partial charge in [-0.15, -0.1) is 0 Å². The highest BCUT2D eigenvalue weighted by atomic mass is 15.1. The van der Waals surface area contributed by atoms with Crippen LogP contribution in [0.3, 0.4) is 0 Å². The lowest BCUT2D eigenvalue weighted by Crippen LogP contribution is -2.33. The van der Waals surface area contributed by atoms with Crippen molar-refractivity contribution in [2.45, 2.75) is 19.0 Å². The van der Waals surface area contributed by atoms with Crippen molar-refractivity contribution in [1.82, 2.24) is 5.32 Å². The first-order valence-corrected chi connectivity index (χ1v) is 6.63. The van der Waals surface area contributed by atoms with Gasteiger partial charge in [0.15, 0.2) is 0 Å². The van der Waals surface area contributed by atoms with E-state index in [0.29, 0.717) is 6.04 Å². The highest BCUT2D eigenvalue weighted by molar-refractivity contribution is 6.02. The van der Waals surface area contributed by atoms with Crippen LogP contribution in [0.4, 0.5) is 5.69 Å². The van der Waals surface area contributed by atoms with Gasteiger partial charge in [0.25, 0.3) is 0 Å². The van der Waals surface area contributed by atoms with Crippen molar-refractivity contribution < 1.29 is 0 Å². The molecular weight excluding hydrogens is 234 g/mol. The molecule has 0 spiro atoms. The lowest BCUT2D eigenvalue weighted by molar-refractivity contribution is 0.695. The standard InChI is InChI=1S/C16H19N3/c1-11-10-12(19(2)3)8-9-13(11)16-17-14-6-4-5-7-15(14)18-16/h4-10,14-15H,1-3H3,(H,17,18). The van der Waals surface area contributed by atoms with Gasteiger partial charge in [0.2, 0.25) is 0 Å². The van der Waals surface area contributed by atoms with E-state index in [1.807, 2.05) is 0 Å². The summed E-state index contributed by atoms with van der Waals surface area (Å²) in [5, 5.41) is 3.50. The van der Waals surface area contributed by atoms with Crippen LogP contribution in [0.1, 0.15) is 11.1 Å². The fraction of sp³-hybridized carbons (Fsp3) is 0.312. The molecule has 98 valence electrons. The smallest absolute Gasteiger partial charge is 0.129 e. The molecule has 0 saturated heterocycles. The molecule has 1 aliphatic carbocycles. The number of aliphatic imine (C=N–C) groups is 1. The number of hydrogen-bond donors (Lipinski definition) is 1. The zero-order valence-electron chi connectivity index (χ0n) is 11.6. The molecule has 1 aliphatic heterocycles. The van der Waals surface area contributed by atoms with E-state index in [4.69, 9.17) is 4.99 Å². The van der Waals surface area contributed by atoms with E-state index in [1.54, 1.807) is 0 Å². The Morgan fingerprint density at radius 2 is 1.95 bits per heavy atom. The molecule has 1 N–H and O–H groups in total. The average molecular weight is 253 g/mol. The van der Waals surface area contributed by atoms with Crippen LogP contribution in [0.5, 0.6) is 0 Å². The third kappa shape index (κ3) is 2.16. The van der Waals surface area contributed by atoms with Crippen molar-refractivity contribution in [3.63, 3.8) is 0 Å². The molecule has 0 amide bonds. The van der Waals surface area contributed by atoms with Crippen molar-refractivity contribution in [3.8, 4) is 0 Å². The summed E-state index contributed by atoms with van der Waals surface area (Å²) in [4.78, 5) is 6.89. The molecule has 0 aromatic heterocycles. The van der Waals surface area contributed by atoms with Crippen molar-refractivity contribution in [2.75, 3.05) is 19.0 Å². The molecule has 3 heteroatoms. The molecule has 0 fully saturated rings. The summed E-state index contributed by atoms with van der Waals surface area (Å²) in [6, 6.07) is 7.05. The number of fused-ring (bicyclic) bond motifs is 1. The Kier molecular flexibility index (Phi) is 2.90. The van der Waals surface area contributed by atoms with Crippen LogP contribution in [-0.4, -0.2) is 32.0 Å². The Hall–Kier alpha value is -2.03. The first kappa shape index (κ1) is 12.0. The SMILES string of the molecule is Cc1cc(N(C)C)ccc1C1=NC2C=CC=CC2N1. The topological polar surface area (TPSA) is 27.6 Å². The summed E-state index contributed by atoms with van der Waals surface area (Å²) < 4.78 is 0. The Balaban J connectivity index is 1.91. The van der Waals surface area contributed by atoms with Gasteiger partial charge in [-0.1, -0.05) is 24.3 Å². The van der Waals surface area contributed by atoms with Gasteiger partial charge < -0.3 is 10.2 Å².